The molecule has 3 rings (SSSR count). The second kappa shape index (κ2) is 9.36. The second-order valence-corrected chi connectivity index (χ2v) is 7.81. The van der Waals surface area contributed by atoms with E-state index in [1.165, 1.54) is 19.2 Å². The lowest BCUT2D eigenvalue weighted by Gasteiger charge is -2.14. The van der Waals surface area contributed by atoms with E-state index < -0.39 is 17.0 Å². The van der Waals surface area contributed by atoms with E-state index in [2.05, 4.69) is 6.58 Å². The maximum absolute atomic E-state index is 13.3. The number of carbonyl (C=O) groups excluding carboxylic acids is 2. The number of carbonyl (C=O) groups is 2. The molecule has 0 aliphatic carbocycles. The van der Waals surface area contributed by atoms with Gasteiger partial charge >= 0.3 is 0 Å². The van der Waals surface area contributed by atoms with Gasteiger partial charge in [0.2, 0.25) is 0 Å². The summed E-state index contributed by atoms with van der Waals surface area (Å²) in [4.78, 5) is 26.6. The molecule has 0 radical (unpaired) electrons. The first-order valence-corrected chi connectivity index (χ1v) is 10.1. The minimum Gasteiger partial charge on any atom is -0.493 e. The van der Waals surface area contributed by atoms with Crippen molar-refractivity contribution in [3.63, 3.8) is 0 Å². The van der Waals surface area contributed by atoms with Gasteiger partial charge < -0.3 is 9.47 Å². The number of allylic oxidation sites excluding steroid dienone is 1. The quantitative estimate of drug-likeness (QED) is 0.416. The first-order chi connectivity index (χ1) is 14.4. The summed E-state index contributed by atoms with van der Waals surface area (Å²) in [5.74, 6) is 0.182. The van der Waals surface area contributed by atoms with Crippen LogP contribution in [0.15, 0.2) is 47.9 Å². The zero-order chi connectivity index (χ0) is 21.8. The van der Waals surface area contributed by atoms with Crippen molar-refractivity contribution in [1.82, 2.24) is 4.90 Å². The number of benzene rings is 2. The fraction of sp³-hybridized carbons (Fsp3) is 0.182. The van der Waals surface area contributed by atoms with E-state index in [0.717, 1.165) is 28.3 Å². The summed E-state index contributed by atoms with van der Waals surface area (Å²) < 4.78 is 24.1. The van der Waals surface area contributed by atoms with Crippen LogP contribution in [0.25, 0.3) is 6.08 Å². The van der Waals surface area contributed by atoms with Crippen LogP contribution in [0.4, 0.5) is 9.18 Å². The van der Waals surface area contributed by atoms with Gasteiger partial charge in [-0.3, -0.25) is 14.5 Å². The van der Waals surface area contributed by atoms with Gasteiger partial charge in [0.25, 0.3) is 11.1 Å². The normalized spacial score (nSPS) is 15.1. The number of thioether (sulfide) groups is 1. The Labute approximate surface area is 183 Å². The summed E-state index contributed by atoms with van der Waals surface area (Å²) in [6.45, 7) is 3.72. The summed E-state index contributed by atoms with van der Waals surface area (Å²) in [5.41, 5.74) is 2.02. The molecule has 1 fully saturated rings. The Morgan fingerprint density at radius 3 is 2.57 bits per heavy atom. The second-order valence-electron chi connectivity index (χ2n) is 6.41. The molecule has 0 spiro atoms. The highest BCUT2D eigenvalue weighted by atomic mass is 35.5. The maximum Gasteiger partial charge on any atom is 0.293 e. The molecule has 1 heterocycles. The van der Waals surface area contributed by atoms with Gasteiger partial charge in [0.05, 0.1) is 25.7 Å². The average molecular weight is 448 g/mol. The summed E-state index contributed by atoms with van der Waals surface area (Å²) in [7, 11) is 3.08. The number of rotatable bonds is 7. The Kier molecular flexibility index (Phi) is 6.84. The molecule has 0 aromatic heterocycles. The highest BCUT2D eigenvalue weighted by Crippen LogP contribution is 2.37. The molecule has 0 saturated carbocycles. The van der Waals surface area contributed by atoms with Crippen LogP contribution in [0, 0.1) is 5.82 Å². The number of methoxy groups -OCH3 is 2. The monoisotopic (exact) mass is 447 g/mol. The van der Waals surface area contributed by atoms with Gasteiger partial charge in [-0.2, -0.15) is 0 Å². The third kappa shape index (κ3) is 4.52. The highest BCUT2D eigenvalue weighted by Gasteiger charge is 2.35. The smallest absolute Gasteiger partial charge is 0.293 e. The van der Waals surface area contributed by atoms with Gasteiger partial charge in [-0.1, -0.05) is 23.7 Å². The Morgan fingerprint density at radius 2 is 1.93 bits per heavy atom. The van der Waals surface area contributed by atoms with E-state index in [9.17, 15) is 14.0 Å². The number of ether oxygens (including phenoxy) is 2. The SMILES string of the molecule is C=CCc1cc(/C=C2\SC(=O)N(Cc3ccc(F)cc3Cl)C2=O)cc(OC)c1OC. The topological polar surface area (TPSA) is 55.8 Å². The molecule has 8 heteroatoms. The third-order valence-electron chi connectivity index (χ3n) is 4.46. The summed E-state index contributed by atoms with van der Waals surface area (Å²) in [6, 6.07) is 7.43. The fourth-order valence-electron chi connectivity index (χ4n) is 3.07. The Bertz CT molecular complexity index is 1050. The zero-order valence-corrected chi connectivity index (χ0v) is 18.0. The van der Waals surface area contributed by atoms with E-state index in [1.807, 2.05) is 6.07 Å². The van der Waals surface area contributed by atoms with Crippen molar-refractivity contribution in [1.29, 1.82) is 0 Å². The maximum atomic E-state index is 13.3. The van der Waals surface area contributed by atoms with Gasteiger partial charge in [-0.25, -0.2) is 4.39 Å². The first-order valence-electron chi connectivity index (χ1n) is 8.93. The van der Waals surface area contributed by atoms with E-state index in [-0.39, 0.29) is 16.5 Å². The number of amides is 2. The molecule has 30 heavy (non-hydrogen) atoms. The van der Waals surface area contributed by atoms with Gasteiger partial charge in [-0.15, -0.1) is 6.58 Å². The van der Waals surface area contributed by atoms with Crippen LogP contribution in [0.5, 0.6) is 11.5 Å². The summed E-state index contributed by atoms with van der Waals surface area (Å²) >= 11 is 6.87. The summed E-state index contributed by atoms with van der Waals surface area (Å²) in [5, 5.41) is -0.259. The van der Waals surface area contributed by atoms with Crippen molar-refractivity contribution >= 4 is 40.6 Å². The van der Waals surface area contributed by atoms with Crippen LogP contribution in [0.1, 0.15) is 16.7 Å². The molecule has 0 bridgehead atoms. The highest BCUT2D eigenvalue weighted by molar-refractivity contribution is 8.18. The van der Waals surface area contributed by atoms with E-state index >= 15 is 0 Å². The van der Waals surface area contributed by atoms with Crippen molar-refractivity contribution in [2.75, 3.05) is 14.2 Å². The molecule has 1 aliphatic heterocycles. The van der Waals surface area contributed by atoms with Crippen molar-refractivity contribution in [3.05, 3.63) is 75.4 Å². The lowest BCUT2D eigenvalue weighted by atomic mass is 10.0. The molecular formula is C22H19ClFNO4S. The van der Waals surface area contributed by atoms with Crippen LogP contribution in [0.2, 0.25) is 5.02 Å². The van der Waals surface area contributed by atoms with Gasteiger partial charge in [0.1, 0.15) is 5.82 Å². The predicted octanol–water partition coefficient (Wildman–Crippen LogP) is 5.46. The van der Waals surface area contributed by atoms with Gasteiger partial charge in [-0.05, 0) is 59.7 Å². The fourth-order valence-corrected chi connectivity index (χ4v) is 4.13. The molecule has 1 aliphatic rings. The van der Waals surface area contributed by atoms with Crippen LogP contribution >= 0.6 is 23.4 Å². The Balaban J connectivity index is 1.91. The number of halogens is 2. The molecule has 2 amide bonds. The van der Waals surface area contributed by atoms with E-state index in [1.54, 1.807) is 25.3 Å². The Morgan fingerprint density at radius 1 is 1.17 bits per heavy atom. The molecule has 5 nitrogen and oxygen atoms in total. The number of nitrogens with zero attached hydrogens (tertiary/aromatic N) is 1. The number of imide groups is 1. The van der Waals surface area contributed by atoms with Crippen molar-refractivity contribution in [2.24, 2.45) is 0 Å². The van der Waals surface area contributed by atoms with Gasteiger partial charge in [0.15, 0.2) is 11.5 Å². The minimum atomic E-state index is -0.485. The average Bonchev–Trinajstić information content (AvgIpc) is 2.97. The molecule has 0 atom stereocenters. The van der Waals surface area contributed by atoms with Crippen molar-refractivity contribution in [2.45, 2.75) is 13.0 Å². The third-order valence-corrected chi connectivity index (χ3v) is 5.72. The predicted molar refractivity (Wildman–Crippen MR) is 116 cm³/mol. The van der Waals surface area contributed by atoms with E-state index in [0.29, 0.717) is 29.0 Å². The molecule has 2 aromatic carbocycles. The molecule has 0 unspecified atom stereocenters. The standard InChI is InChI=1S/C22H19ClFNO4S/c1-4-5-14-8-13(9-18(28-2)20(14)29-3)10-19-21(26)25(22(27)30-19)12-15-6-7-16(24)11-17(15)23/h4,6-11H,1,5,12H2,2-3H3/b19-10-. The van der Waals surface area contributed by atoms with E-state index in [4.69, 9.17) is 21.1 Å². The molecule has 0 N–H and O–H groups in total. The van der Waals surface area contributed by atoms with Crippen LogP contribution < -0.4 is 9.47 Å². The van der Waals surface area contributed by atoms with Crippen molar-refractivity contribution in [3.8, 4) is 11.5 Å². The number of hydrogen-bond acceptors (Lipinski definition) is 5. The van der Waals surface area contributed by atoms with Crippen LogP contribution in [-0.4, -0.2) is 30.3 Å². The first kappa shape index (κ1) is 21.9. The molecule has 2 aromatic rings. The molecular weight excluding hydrogens is 429 g/mol. The zero-order valence-electron chi connectivity index (χ0n) is 16.4. The number of hydrogen-bond donors (Lipinski definition) is 0. The molecule has 156 valence electrons. The van der Waals surface area contributed by atoms with Crippen LogP contribution in [-0.2, 0) is 17.8 Å². The van der Waals surface area contributed by atoms with Crippen LogP contribution in [0.3, 0.4) is 0 Å². The lowest BCUT2D eigenvalue weighted by Crippen LogP contribution is -2.27. The minimum absolute atomic E-state index is 0.0330. The van der Waals surface area contributed by atoms with Gasteiger partial charge in [0, 0.05) is 10.6 Å². The molecule has 1 saturated heterocycles. The lowest BCUT2D eigenvalue weighted by molar-refractivity contribution is -0.123. The summed E-state index contributed by atoms with van der Waals surface area (Å²) in [6.07, 6.45) is 3.92. The van der Waals surface area contributed by atoms with Crippen molar-refractivity contribution < 1.29 is 23.5 Å². The Hall–Kier alpha value is -2.77. The largest absolute Gasteiger partial charge is 0.493 e.